The number of aryl methyl sites for hydroxylation is 1. The summed E-state index contributed by atoms with van der Waals surface area (Å²) in [7, 11) is 0. The van der Waals surface area contributed by atoms with Gasteiger partial charge in [0, 0.05) is 25.9 Å². The van der Waals surface area contributed by atoms with Crippen molar-refractivity contribution in [3.05, 3.63) is 11.7 Å². The summed E-state index contributed by atoms with van der Waals surface area (Å²) < 4.78 is 15.7. The van der Waals surface area contributed by atoms with Crippen LogP contribution in [-0.2, 0) is 30.9 Å². The second-order valence-corrected chi connectivity index (χ2v) is 6.25. The normalized spacial score (nSPS) is 31.8. The van der Waals surface area contributed by atoms with Gasteiger partial charge in [0.15, 0.2) is 5.82 Å². The van der Waals surface area contributed by atoms with E-state index in [0.29, 0.717) is 31.8 Å². The van der Waals surface area contributed by atoms with Gasteiger partial charge in [0.2, 0.25) is 5.89 Å². The second-order valence-electron chi connectivity index (χ2n) is 6.25. The molecule has 8 nitrogen and oxygen atoms in total. The molecule has 8 heteroatoms. The summed E-state index contributed by atoms with van der Waals surface area (Å²) in [4.78, 5) is 28.9. The predicted molar refractivity (Wildman–Crippen MR) is 70.3 cm³/mol. The van der Waals surface area contributed by atoms with Crippen molar-refractivity contribution in [2.24, 2.45) is 0 Å². The van der Waals surface area contributed by atoms with Gasteiger partial charge in [0.1, 0.15) is 0 Å². The Morgan fingerprint density at radius 3 is 2.50 bits per heavy atom. The second kappa shape index (κ2) is 4.52. The standard InChI is InChI=1S/C14H17N3O5/c1-2-3-4-9-15-12(22-16-9)13-5-6-14(17(7-13)8-13)20-10(18)11(19)21-14/h2-8H2,1H3. The molecule has 0 unspecified atom stereocenters. The number of aromatic nitrogens is 2. The maximum Gasteiger partial charge on any atom is 0.421 e. The Balaban J connectivity index is 1.48. The molecule has 4 fully saturated rings. The lowest BCUT2D eigenvalue weighted by molar-refractivity contribution is -0.310. The number of carbonyl (C=O) groups excluding carboxylic acids is 2. The Morgan fingerprint density at radius 2 is 1.91 bits per heavy atom. The molecule has 0 N–H and O–H groups in total. The Kier molecular flexibility index (Phi) is 2.81. The molecule has 0 amide bonds. The van der Waals surface area contributed by atoms with Crippen LogP contribution in [0.3, 0.4) is 0 Å². The van der Waals surface area contributed by atoms with Crippen molar-refractivity contribution in [1.82, 2.24) is 15.0 Å². The summed E-state index contributed by atoms with van der Waals surface area (Å²) in [5, 5.41) is 4.04. The SMILES string of the molecule is CCCCc1noc(C23CCC4(OC(=O)C(=O)O4)N(C2)C3)n1. The van der Waals surface area contributed by atoms with Gasteiger partial charge in [-0.15, -0.1) is 0 Å². The van der Waals surface area contributed by atoms with E-state index in [0.717, 1.165) is 25.1 Å². The molecule has 1 aromatic rings. The van der Waals surface area contributed by atoms with Crippen molar-refractivity contribution < 1.29 is 23.6 Å². The minimum absolute atomic E-state index is 0.204. The van der Waals surface area contributed by atoms with Gasteiger partial charge in [-0.25, -0.2) is 14.5 Å². The van der Waals surface area contributed by atoms with E-state index in [-0.39, 0.29) is 5.41 Å². The zero-order chi connectivity index (χ0) is 15.4. The van der Waals surface area contributed by atoms with Crippen LogP contribution in [-0.4, -0.2) is 46.0 Å². The Morgan fingerprint density at radius 1 is 1.18 bits per heavy atom. The number of rotatable bonds is 4. The molecule has 0 aliphatic carbocycles. The smallest absolute Gasteiger partial charge is 0.400 e. The lowest BCUT2D eigenvalue weighted by Crippen LogP contribution is -2.72. The number of hydrogen-bond acceptors (Lipinski definition) is 8. The summed E-state index contributed by atoms with van der Waals surface area (Å²) in [6.45, 7) is 3.29. The van der Waals surface area contributed by atoms with Crippen LogP contribution in [0, 0.1) is 0 Å². The molecule has 22 heavy (non-hydrogen) atoms. The van der Waals surface area contributed by atoms with Crippen LogP contribution in [0.4, 0.5) is 0 Å². The third-order valence-electron chi connectivity index (χ3n) is 4.74. The zero-order valence-electron chi connectivity index (χ0n) is 12.3. The summed E-state index contributed by atoms with van der Waals surface area (Å²) in [6.07, 6.45) is 4.05. The molecule has 4 aliphatic heterocycles. The number of fused-ring (bicyclic) bond motifs is 1. The Labute approximate surface area is 126 Å². The molecule has 5 heterocycles. The van der Waals surface area contributed by atoms with E-state index in [2.05, 4.69) is 17.1 Å². The number of piperidine rings is 2. The summed E-state index contributed by atoms with van der Waals surface area (Å²) in [5.74, 6) is -1.66. The van der Waals surface area contributed by atoms with Crippen LogP contribution in [0.1, 0.15) is 44.3 Å². The first-order valence-corrected chi connectivity index (χ1v) is 7.61. The van der Waals surface area contributed by atoms with E-state index in [1.807, 2.05) is 4.90 Å². The van der Waals surface area contributed by atoms with E-state index in [1.54, 1.807) is 0 Å². The fourth-order valence-corrected chi connectivity index (χ4v) is 3.41. The molecule has 118 valence electrons. The molecule has 4 saturated heterocycles. The molecule has 2 bridgehead atoms. The van der Waals surface area contributed by atoms with E-state index in [9.17, 15) is 9.59 Å². The molecule has 0 radical (unpaired) electrons. The van der Waals surface area contributed by atoms with Crippen LogP contribution in [0.25, 0.3) is 0 Å². The molecule has 5 rings (SSSR count). The Hall–Kier alpha value is -1.96. The maximum absolute atomic E-state index is 11.3. The van der Waals surface area contributed by atoms with E-state index >= 15 is 0 Å². The van der Waals surface area contributed by atoms with Crippen molar-refractivity contribution in [1.29, 1.82) is 0 Å². The van der Waals surface area contributed by atoms with Crippen molar-refractivity contribution in [3.63, 3.8) is 0 Å². The fourth-order valence-electron chi connectivity index (χ4n) is 3.41. The third kappa shape index (κ3) is 1.79. The number of carbonyl (C=O) groups is 2. The molecule has 1 aromatic heterocycles. The monoisotopic (exact) mass is 307 g/mol. The molecule has 4 aliphatic rings. The van der Waals surface area contributed by atoms with Gasteiger partial charge in [-0.05, 0) is 12.8 Å². The van der Waals surface area contributed by atoms with Crippen LogP contribution in [0.15, 0.2) is 4.52 Å². The Bertz CT molecular complexity index is 613. The van der Waals surface area contributed by atoms with Crippen molar-refractivity contribution >= 4 is 11.9 Å². The number of esters is 2. The highest BCUT2D eigenvalue weighted by atomic mass is 16.8. The van der Waals surface area contributed by atoms with Gasteiger partial charge >= 0.3 is 17.8 Å². The number of hydrogen-bond donors (Lipinski definition) is 0. The fraction of sp³-hybridized carbons (Fsp3) is 0.714. The van der Waals surface area contributed by atoms with E-state index in [4.69, 9.17) is 14.0 Å². The summed E-state index contributed by atoms with van der Waals surface area (Å²) in [6, 6.07) is 0. The predicted octanol–water partition coefficient (Wildman–Crippen LogP) is 0.513. The lowest BCUT2D eigenvalue weighted by atomic mass is 9.70. The summed E-state index contributed by atoms with van der Waals surface area (Å²) in [5.41, 5.74) is -0.204. The number of ether oxygens (including phenoxy) is 2. The van der Waals surface area contributed by atoms with Gasteiger partial charge < -0.3 is 14.0 Å². The molecule has 0 atom stereocenters. The molecule has 1 spiro atoms. The van der Waals surface area contributed by atoms with E-state index in [1.165, 1.54) is 0 Å². The van der Waals surface area contributed by atoms with Crippen molar-refractivity contribution in [2.45, 2.75) is 50.4 Å². The van der Waals surface area contributed by atoms with Crippen LogP contribution in [0.2, 0.25) is 0 Å². The number of nitrogens with zero attached hydrogens (tertiary/aromatic N) is 3. The zero-order valence-corrected chi connectivity index (χ0v) is 12.3. The minimum atomic E-state index is -1.21. The highest BCUT2D eigenvalue weighted by molar-refractivity contribution is 6.31. The minimum Gasteiger partial charge on any atom is -0.400 e. The van der Waals surface area contributed by atoms with Crippen molar-refractivity contribution in [2.75, 3.05) is 13.1 Å². The first-order chi connectivity index (χ1) is 10.6. The van der Waals surface area contributed by atoms with Crippen LogP contribution >= 0.6 is 0 Å². The van der Waals surface area contributed by atoms with Gasteiger partial charge in [-0.3, -0.25) is 0 Å². The molecular formula is C14H17N3O5. The third-order valence-corrected chi connectivity index (χ3v) is 4.74. The molecule has 0 aromatic carbocycles. The lowest BCUT2D eigenvalue weighted by Gasteiger charge is -2.57. The van der Waals surface area contributed by atoms with Crippen LogP contribution < -0.4 is 0 Å². The van der Waals surface area contributed by atoms with Crippen LogP contribution in [0.5, 0.6) is 0 Å². The van der Waals surface area contributed by atoms with Gasteiger partial charge in [-0.2, -0.15) is 4.98 Å². The topological polar surface area (TPSA) is 94.8 Å². The largest absolute Gasteiger partial charge is 0.421 e. The average molecular weight is 307 g/mol. The van der Waals surface area contributed by atoms with Gasteiger partial charge in [0.25, 0.3) is 0 Å². The number of unbranched alkanes of at least 4 members (excludes halogenated alkanes) is 1. The van der Waals surface area contributed by atoms with E-state index < -0.39 is 17.8 Å². The molecular weight excluding hydrogens is 290 g/mol. The molecule has 0 saturated carbocycles. The van der Waals surface area contributed by atoms with Crippen molar-refractivity contribution in [3.8, 4) is 0 Å². The highest BCUT2D eigenvalue weighted by Crippen LogP contribution is 2.51. The maximum atomic E-state index is 11.3. The quantitative estimate of drug-likeness (QED) is 0.586. The summed E-state index contributed by atoms with van der Waals surface area (Å²) >= 11 is 0. The first kappa shape index (κ1) is 13.7. The highest BCUT2D eigenvalue weighted by Gasteiger charge is 2.67. The van der Waals surface area contributed by atoms with Gasteiger partial charge in [-0.1, -0.05) is 18.5 Å². The van der Waals surface area contributed by atoms with Gasteiger partial charge in [0.05, 0.1) is 5.41 Å². The average Bonchev–Trinajstić information content (AvgIpc) is 3.03. The first-order valence-electron chi connectivity index (χ1n) is 7.61.